The molecule has 1 saturated heterocycles. The Bertz CT molecular complexity index is 523. The Morgan fingerprint density at radius 2 is 1.63 bits per heavy atom. The Balaban J connectivity index is 2.13. The van der Waals surface area contributed by atoms with Crippen molar-refractivity contribution in [2.24, 2.45) is 0 Å². The molecule has 0 radical (unpaired) electrons. The molecule has 100 valence electrons. The first-order chi connectivity index (χ1) is 8.87. The van der Waals surface area contributed by atoms with Crippen LogP contribution in [0.5, 0.6) is 5.75 Å². The van der Waals surface area contributed by atoms with Crippen LogP contribution in [0.15, 0.2) is 36.0 Å². The number of anilines is 1. The van der Waals surface area contributed by atoms with Crippen molar-refractivity contribution in [3.8, 4) is 5.75 Å². The number of carbonyl (C=O) groups excluding carboxylic acids is 2. The van der Waals surface area contributed by atoms with Gasteiger partial charge in [0.15, 0.2) is 5.57 Å². The van der Waals surface area contributed by atoms with E-state index >= 15 is 0 Å². The molecule has 1 fully saturated rings. The van der Waals surface area contributed by atoms with Crippen molar-refractivity contribution >= 4 is 17.6 Å². The van der Waals surface area contributed by atoms with E-state index in [1.54, 1.807) is 12.1 Å². The van der Waals surface area contributed by atoms with Crippen LogP contribution in [0.4, 0.5) is 5.69 Å². The van der Waals surface area contributed by atoms with Crippen LogP contribution in [0.2, 0.25) is 0 Å². The Labute approximate surface area is 109 Å². The minimum atomic E-state index is -1.25. The molecule has 0 amide bonds. The Morgan fingerprint density at radius 1 is 1.11 bits per heavy atom. The van der Waals surface area contributed by atoms with Crippen LogP contribution in [-0.2, 0) is 19.1 Å². The lowest BCUT2D eigenvalue weighted by molar-refractivity contribution is -0.222. The zero-order valence-corrected chi connectivity index (χ0v) is 10.5. The summed E-state index contributed by atoms with van der Waals surface area (Å²) in [6.45, 7) is 2.96. The molecule has 0 unspecified atom stereocenters. The predicted octanol–water partition coefficient (Wildman–Crippen LogP) is 1.52. The predicted molar refractivity (Wildman–Crippen MR) is 66.1 cm³/mol. The molecule has 6 heteroatoms. The van der Waals surface area contributed by atoms with Gasteiger partial charge >= 0.3 is 11.9 Å². The highest BCUT2D eigenvalue weighted by atomic mass is 16.7. The first-order valence-electron chi connectivity index (χ1n) is 5.60. The molecule has 0 aromatic heterocycles. The maximum absolute atomic E-state index is 11.6. The number of phenols is 1. The Hall–Kier alpha value is -2.50. The van der Waals surface area contributed by atoms with Gasteiger partial charge in [-0.3, -0.25) is 0 Å². The molecule has 1 heterocycles. The summed E-state index contributed by atoms with van der Waals surface area (Å²) in [5, 5.41) is 11.9. The molecule has 6 nitrogen and oxygen atoms in total. The first kappa shape index (κ1) is 12.9. The minimum Gasteiger partial charge on any atom is -0.508 e. The van der Waals surface area contributed by atoms with Crippen LogP contribution in [0.25, 0.3) is 0 Å². The fraction of sp³-hybridized carbons (Fsp3) is 0.231. The second-order valence-corrected chi connectivity index (χ2v) is 4.43. The van der Waals surface area contributed by atoms with E-state index in [-0.39, 0.29) is 11.3 Å². The topological polar surface area (TPSA) is 84.9 Å². The molecule has 2 N–H and O–H groups in total. The largest absolute Gasteiger partial charge is 0.508 e. The van der Waals surface area contributed by atoms with Gasteiger partial charge in [-0.05, 0) is 24.3 Å². The van der Waals surface area contributed by atoms with Gasteiger partial charge in [-0.1, -0.05) is 0 Å². The fourth-order valence-electron chi connectivity index (χ4n) is 1.49. The number of hydrogen-bond acceptors (Lipinski definition) is 6. The molecule has 1 aromatic rings. The summed E-state index contributed by atoms with van der Waals surface area (Å²) >= 11 is 0. The lowest BCUT2D eigenvalue weighted by Crippen LogP contribution is -2.42. The molecule has 19 heavy (non-hydrogen) atoms. The molecule has 1 aliphatic rings. The van der Waals surface area contributed by atoms with Crippen molar-refractivity contribution in [1.29, 1.82) is 0 Å². The van der Waals surface area contributed by atoms with Gasteiger partial charge in [0.25, 0.3) is 5.79 Å². The smallest absolute Gasteiger partial charge is 0.350 e. The number of phenolic OH excluding ortho intramolecular Hbond substituents is 1. The van der Waals surface area contributed by atoms with Gasteiger partial charge < -0.3 is 19.9 Å². The molecule has 0 atom stereocenters. The Kier molecular flexibility index (Phi) is 3.16. The number of nitrogens with one attached hydrogen (secondary N) is 1. The van der Waals surface area contributed by atoms with Gasteiger partial charge in [0.05, 0.1) is 0 Å². The van der Waals surface area contributed by atoms with Crippen molar-refractivity contribution in [3.63, 3.8) is 0 Å². The number of cyclic esters (lactones) is 2. The molecular weight excluding hydrogens is 250 g/mol. The van der Waals surface area contributed by atoms with E-state index in [2.05, 4.69) is 5.32 Å². The van der Waals surface area contributed by atoms with E-state index in [0.717, 1.165) is 0 Å². The van der Waals surface area contributed by atoms with Gasteiger partial charge in [0.2, 0.25) is 0 Å². The van der Waals surface area contributed by atoms with Gasteiger partial charge in [-0.15, -0.1) is 0 Å². The van der Waals surface area contributed by atoms with E-state index < -0.39 is 17.7 Å². The number of aromatic hydroxyl groups is 1. The van der Waals surface area contributed by atoms with E-state index in [1.807, 2.05) is 0 Å². The van der Waals surface area contributed by atoms with Crippen LogP contribution in [-0.4, -0.2) is 22.8 Å². The van der Waals surface area contributed by atoms with Crippen LogP contribution in [0, 0.1) is 0 Å². The highest BCUT2D eigenvalue weighted by Crippen LogP contribution is 2.22. The molecule has 0 saturated carbocycles. The van der Waals surface area contributed by atoms with E-state index in [4.69, 9.17) is 14.6 Å². The van der Waals surface area contributed by atoms with Crippen LogP contribution in [0.3, 0.4) is 0 Å². The van der Waals surface area contributed by atoms with E-state index in [1.165, 1.54) is 32.2 Å². The van der Waals surface area contributed by atoms with Gasteiger partial charge in [0.1, 0.15) is 5.75 Å². The van der Waals surface area contributed by atoms with Crippen LogP contribution < -0.4 is 5.32 Å². The number of rotatable bonds is 2. The number of hydrogen-bond donors (Lipinski definition) is 2. The van der Waals surface area contributed by atoms with E-state index in [9.17, 15) is 9.59 Å². The lowest BCUT2D eigenvalue weighted by Gasteiger charge is -2.29. The molecule has 0 spiro atoms. The third-order valence-corrected chi connectivity index (χ3v) is 2.37. The second-order valence-electron chi connectivity index (χ2n) is 4.43. The maximum Gasteiger partial charge on any atom is 0.350 e. The SMILES string of the molecule is CC1(C)OC(=O)C(=CNc2ccc(O)cc2)C(=O)O1. The summed E-state index contributed by atoms with van der Waals surface area (Å²) < 4.78 is 9.87. The van der Waals surface area contributed by atoms with Crippen molar-refractivity contribution in [3.05, 3.63) is 36.0 Å². The average Bonchev–Trinajstić information content (AvgIpc) is 2.29. The summed E-state index contributed by atoms with van der Waals surface area (Å²) in [6.07, 6.45) is 1.21. The maximum atomic E-state index is 11.6. The van der Waals surface area contributed by atoms with Crippen molar-refractivity contribution < 1.29 is 24.2 Å². The van der Waals surface area contributed by atoms with Crippen molar-refractivity contribution in [2.75, 3.05) is 5.32 Å². The molecule has 1 aliphatic heterocycles. The molecule has 1 aromatic carbocycles. The highest BCUT2D eigenvalue weighted by molar-refractivity contribution is 6.15. The number of carbonyl (C=O) groups is 2. The standard InChI is InChI=1S/C13H13NO5/c1-13(2)18-11(16)10(12(17)19-13)7-14-8-3-5-9(15)6-4-8/h3-7,14-15H,1-2H3. The minimum absolute atomic E-state index is 0.122. The Morgan fingerprint density at radius 3 is 2.16 bits per heavy atom. The summed E-state index contributed by atoms with van der Waals surface area (Å²) in [6, 6.07) is 6.13. The summed E-state index contributed by atoms with van der Waals surface area (Å²) in [5.74, 6) is -2.61. The van der Waals surface area contributed by atoms with Crippen LogP contribution >= 0.6 is 0 Å². The third kappa shape index (κ3) is 3.04. The third-order valence-electron chi connectivity index (χ3n) is 2.37. The molecule has 0 bridgehead atoms. The first-order valence-corrected chi connectivity index (χ1v) is 5.60. The summed E-state index contributed by atoms with van der Waals surface area (Å²) in [4.78, 5) is 23.2. The number of ether oxygens (including phenoxy) is 2. The zero-order valence-electron chi connectivity index (χ0n) is 10.5. The zero-order chi connectivity index (χ0) is 14.0. The molecule has 2 rings (SSSR count). The molecular formula is C13H13NO5. The van der Waals surface area contributed by atoms with Gasteiger partial charge in [-0.2, -0.15) is 0 Å². The summed E-state index contributed by atoms with van der Waals surface area (Å²) in [5.41, 5.74) is 0.392. The summed E-state index contributed by atoms with van der Waals surface area (Å²) in [7, 11) is 0. The monoisotopic (exact) mass is 263 g/mol. The van der Waals surface area contributed by atoms with Gasteiger partial charge in [-0.25, -0.2) is 9.59 Å². The number of esters is 2. The fourth-order valence-corrected chi connectivity index (χ4v) is 1.49. The van der Waals surface area contributed by atoms with Gasteiger partial charge in [0, 0.05) is 25.7 Å². The lowest BCUT2D eigenvalue weighted by atomic mass is 10.2. The average molecular weight is 263 g/mol. The van der Waals surface area contributed by atoms with Crippen molar-refractivity contribution in [1.82, 2.24) is 0 Å². The van der Waals surface area contributed by atoms with Crippen LogP contribution in [0.1, 0.15) is 13.8 Å². The van der Waals surface area contributed by atoms with E-state index in [0.29, 0.717) is 5.69 Å². The molecule has 0 aliphatic carbocycles. The second kappa shape index (κ2) is 4.64. The normalized spacial score (nSPS) is 17.5. The highest BCUT2D eigenvalue weighted by Gasteiger charge is 2.38. The van der Waals surface area contributed by atoms with Crippen molar-refractivity contribution in [2.45, 2.75) is 19.6 Å². The quantitative estimate of drug-likeness (QED) is 0.364. The number of benzene rings is 1.